The molecule has 2 N–H and O–H groups in total. The summed E-state index contributed by atoms with van der Waals surface area (Å²) < 4.78 is 1.61. The number of nitrogens with one attached hydrogen (secondary N) is 1. The molecule has 28 heavy (non-hydrogen) atoms. The Morgan fingerprint density at radius 3 is 2.75 bits per heavy atom. The molecule has 3 aromatic rings. The first kappa shape index (κ1) is 18.4. The van der Waals surface area contributed by atoms with Crippen molar-refractivity contribution in [3.63, 3.8) is 0 Å². The predicted molar refractivity (Wildman–Crippen MR) is 102 cm³/mol. The summed E-state index contributed by atoms with van der Waals surface area (Å²) in [7, 11) is 0. The Kier molecular flexibility index (Phi) is 4.73. The van der Waals surface area contributed by atoms with Crippen LogP contribution in [0.1, 0.15) is 38.5 Å². The fourth-order valence-corrected chi connectivity index (χ4v) is 3.61. The summed E-state index contributed by atoms with van der Waals surface area (Å²) in [5.74, 6) is 2.42. The van der Waals surface area contributed by atoms with Crippen molar-refractivity contribution in [2.45, 2.75) is 38.5 Å². The highest BCUT2D eigenvalue weighted by Gasteiger charge is 2.43. The molecule has 4 heterocycles. The predicted octanol–water partition coefficient (Wildman–Crippen LogP) is 0.614. The number of piperazine rings is 1. The van der Waals surface area contributed by atoms with Gasteiger partial charge in [-0.1, -0.05) is 0 Å². The van der Waals surface area contributed by atoms with Crippen LogP contribution in [0, 0.1) is 0 Å². The van der Waals surface area contributed by atoms with Gasteiger partial charge in [-0.3, -0.25) is 0 Å². The van der Waals surface area contributed by atoms with E-state index in [0.717, 1.165) is 12.4 Å². The highest BCUT2D eigenvalue weighted by molar-refractivity contribution is 5.46. The summed E-state index contributed by atoms with van der Waals surface area (Å²) in [5.41, 5.74) is -0.557. The van der Waals surface area contributed by atoms with Gasteiger partial charge < -0.3 is 15.3 Å². The first-order valence-corrected chi connectivity index (χ1v) is 9.18. The highest BCUT2D eigenvalue weighted by atomic mass is 16.3. The maximum absolute atomic E-state index is 9.91. The van der Waals surface area contributed by atoms with Crippen molar-refractivity contribution >= 4 is 5.82 Å². The number of anilines is 1. The molecule has 4 rings (SSSR count). The Morgan fingerprint density at radius 1 is 1.21 bits per heavy atom. The molecule has 1 fully saturated rings. The lowest BCUT2D eigenvalue weighted by Crippen LogP contribution is -2.62. The smallest absolute Gasteiger partial charge is 0.158 e. The summed E-state index contributed by atoms with van der Waals surface area (Å²) in [6.07, 6.45) is 5.73. The quantitative estimate of drug-likeness (QED) is 0.670. The van der Waals surface area contributed by atoms with Gasteiger partial charge >= 0.3 is 0 Å². The summed E-state index contributed by atoms with van der Waals surface area (Å²) in [4.78, 5) is 24.3. The van der Waals surface area contributed by atoms with Crippen LogP contribution in [0.15, 0.2) is 37.2 Å². The Morgan fingerprint density at radius 2 is 2.00 bits per heavy atom. The van der Waals surface area contributed by atoms with Gasteiger partial charge in [0.05, 0.1) is 0 Å². The minimum atomic E-state index is -0.740. The Bertz CT molecular complexity index is 946. The summed E-state index contributed by atoms with van der Waals surface area (Å²) in [6, 6.07) is 3.78. The molecule has 0 spiro atoms. The van der Waals surface area contributed by atoms with Gasteiger partial charge in [0.2, 0.25) is 0 Å². The molecule has 0 radical (unpaired) electrons. The molecule has 0 aromatic carbocycles. The summed E-state index contributed by atoms with van der Waals surface area (Å²) in [5, 5.41) is 17.5. The molecular formula is C18H23N9O. The van der Waals surface area contributed by atoms with Crippen LogP contribution in [0.25, 0.3) is 5.82 Å². The second kappa shape index (κ2) is 7.21. The van der Waals surface area contributed by atoms with E-state index < -0.39 is 11.6 Å². The van der Waals surface area contributed by atoms with Gasteiger partial charge in [0, 0.05) is 37.6 Å². The Balaban J connectivity index is 1.79. The summed E-state index contributed by atoms with van der Waals surface area (Å²) in [6.45, 7) is 7.30. The molecule has 1 aliphatic rings. The van der Waals surface area contributed by atoms with Gasteiger partial charge in [-0.2, -0.15) is 5.10 Å². The number of aliphatic hydroxyl groups is 1. The normalized spacial score (nSPS) is 23.6. The molecule has 1 saturated heterocycles. The lowest BCUT2D eigenvalue weighted by atomic mass is 9.93. The van der Waals surface area contributed by atoms with Crippen LogP contribution in [0.5, 0.6) is 0 Å². The van der Waals surface area contributed by atoms with E-state index in [4.69, 9.17) is 4.98 Å². The third-order valence-corrected chi connectivity index (χ3v) is 4.94. The molecule has 0 saturated carbocycles. The van der Waals surface area contributed by atoms with Crippen LogP contribution < -0.4 is 10.2 Å². The lowest BCUT2D eigenvalue weighted by molar-refractivity contribution is 0.188. The van der Waals surface area contributed by atoms with E-state index >= 15 is 0 Å². The van der Waals surface area contributed by atoms with Gasteiger partial charge in [-0.05, 0) is 26.8 Å². The van der Waals surface area contributed by atoms with Gasteiger partial charge in [0.1, 0.15) is 30.1 Å². The molecule has 3 aromatic heterocycles. The van der Waals surface area contributed by atoms with E-state index in [1.165, 1.54) is 6.33 Å². The highest BCUT2D eigenvalue weighted by Crippen LogP contribution is 2.34. The zero-order valence-corrected chi connectivity index (χ0v) is 16.1. The second-order valence-electron chi connectivity index (χ2n) is 7.15. The van der Waals surface area contributed by atoms with Crippen LogP contribution >= 0.6 is 0 Å². The average Bonchev–Trinajstić information content (AvgIpc) is 3.23. The van der Waals surface area contributed by atoms with Crippen molar-refractivity contribution in [1.29, 1.82) is 0 Å². The van der Waals surface area contributed by atoms with E-state index in [9.17, 15) is 5.11 Å². The zero-order valence-electron chi connectivity index (χ0n) is 16.1. The summed E-state index contributed by atoms with van der Waals surface area (Å²) >= 11 is 0. The lowest BCUT2D eigenvalue weighted by Gasteiger charge is -2.48. The SMILES string of the molecule is C[C@@H](O)c1nccc(N2[C@@H](C)CNC[C@]2(C)c2nccc(-n3cncn3)n2)n1. The standard InChI is InChI=1S/C18H23N9O/c1-12-8-19-9-18(3,27(12)15-5-6-21-16(24-15)13(2)28)17-22-7-4-14(25-17)26-11-20-10-23-26/h4-7,10-13,19,28H,8-9H2,1-3H3/t12-,13+,18+/m0/s1. The maximum atomic E-state index is 9.91. The van der Waals surface area contributed by atoms with Crippen molar-refractivity contribution in [3.8, 4) is 5.82 Å². The minimum absolute atomic E-state index is 0.133. The number of hydrogen-bond acceptors (Lipinski definition) is 9. The number of hydrogen-bond donors (Lipinski definition) is 2. The van der Waals surface area contributed by atoms with Crippen molar-refractivity contribution in [1.82, 2.24) is 40.0 Å². The van der Waals surface area contributed by atoms with Gasteiger partial charge in [0.15, 0.2) is 17.5 Å². The molecule has 0 bridgehead atoms. The number of rotatable bonds is 4. The van der Waals surface area contributed by atoms with Crippen LogP contribution in [0.3, 0.4) is 0 Å². The number of nitrogens with zero attached hydrogens (tertiary/aromatic N) is 8. The van der Waals surface area contributed by atoms with Crippen LogP contribution in [-0.4, -0.2) is 58.9 Å². The molecule has 10 heteroatoms. The van der Waals surface area contributed by atoms with Crippen LogP contribution in [0.4, 0.5) is 5.82 Å². The molecule has 146 valence electrons. The van der Waals surface area contributed by atoms with E-state index in [0.29, 0.717) is 24.0 Å². The molecule has 3 atom stereocenters. The van der Waals surface area contributed by atoms with E-state index in [-0.39, 0.29) is 6.04 Å². The largest absolute Gasteiger partial charge is 0.385 e. The molecule has 10 nitrogen and oxygen atoms in total. The minimum Gasteiger partial charge on any atom is -0.385 e. The van der Waals surface area contributed by atoms with E-state index in [2.05, 4.69) is 49.1 Å². The first-order valence-electron chi connectivity index (χ1n) is 9.18. The Labute approximate surface area is 162 Å². The number of aliphatic hydroxyl groups excluding tert-OH is 1. The first-order chi connectivity index (χ1) is 13.5. The van der Waals surface area contributed by atoms with Gasteiger partial charge in [0.25, 0.3) is 0 Å². The van der Waals surface area contributed by atoms with Gasteiger partial charge in [-0.15, -0.1) is 0 Å². The molecule has 0 amide bonds. The van der Waals surface area contributed by atoms with Crippen molar-refractivity contribution in [2.75, 3.05) is 18.0 Å². The molecule has 0 unspecified atom stereocenters. The Hall–Kier alpha value is -2.98. The van der Waals surface area contributed by atoms with Gasteiger partial charge in [-0.25, -0.2) is 29.6 Å². The third-order valence-electron chi connectivity index (χ3n) is 4.94. The van der Waals surface area contributed by atoms with Crippen LogP contribution in [-0.2, 0) is 5.54 Å². The number of aromatic nitrogens is 7. The monoisotopic (exact) mass is 381 g/mol. The fourth-order valence-electron chi connectivity index (χ4n) is 3.61. The average molecular weight is 381 g/mol. The second-order valence-corrected chi connectivity index (χ2v) is 7.15. The molecule has 1 aliphatic heterocycles. The van der Waals surface area contributed by atoms with Crippen molar-refractivity contribution < 1.29 is 5.11 Å². The van der Waals surface area contributed by atoms with Crippen LogP contribution in [0.2, 0.25) is 0 Å². The van der Waals surface area contributed by atoms with E-state index in [1.807, 2.05) is 6.07 Å². The topological polar surface area (TPSA) is 118 Å². The fraction of sp³-hybridized carbons (Fsp3) is 0.444. The molecule has 0 aliphatic carbocycles. The van der Waals surface area contributed by atoms with Crippen molar-refractivity contribution in [2.24, 2.45) is 0 Å². The maximum Gasteiger partial charge on any atom is 0.158 e. The zero-order chi connectivity index (χ0) is 19.7. The molecular weight excluding hydrogens is 358 g/mol. The third kappa shape index (κ3) is 3.20. The van der Waals surface area contributed by atoms with Crippen molar-refractivity contribution in [3.05, 3.63) is 48.8 Å². The van der Waals surface area contributed by atoms with E-state index in [1.54, 1.807) is 36.4 Å².